The smallest absolute Gasteiger partial charge is 0.256 e. The number of fused-ring (bicyclic) bond motifs is 2. The molecule has 172 valence electrons. The van der Waals surface area contributed by atoms with Crippen LogP contribution in [0, 0.1) is 12.7 Å². The monoisotopic (exact) mass is 460 g/mol. The number of anilines is 1. The van der Waals surface area contributed by atoms with E-state index in [0.717, 1.165) is 55.0 Å². The van der Waals surface area contributed by atoms with Gasteiger partial charge in [0.25, 0.3) is 11.8 Å². The first-order valence-electron chi connectivity index (χ1n) is 11.0. The van der Waals surface area contributed by atoms with Gasteiger partial charge in [-0.25, -0.2) is 4.39 Å². The zero-order valence-electron chi connectivity index (χ0n) is 18.7. The molecule has 0 atom stereocenters. The molecular formula is C24H30ClFN4O2. The van der Waals surface area contributed by atoms with E-state index in [9.17, 15) is 14.0 Å². The summed E-state index contributed by atoms with van der Waals surface area (Å²) in [5, 5.41) is 5.88. The van der Waals surface area contributed by atoms with Crippen LogP contribution in [0.2, 0.25) is 0 Å². The molecule has 1 aromatic heterocycles. The zero-order valence-corrected chi connectivity index (χ0v) is 19.5. The summed E-state index contributed by atoms with van der Waals surface area (Å²) in [6.07, 6.45) is 2.31. The zero-order chi connectivity index (χ0) is 22.1. The van der Waals surface area contributed by atoms with Crippen molar-refractivity contribution in [2.45, 2.75) is 40.0 Å². The average Bonchev–Trinajstić information content (AvgIpc) is 3.26. The Hall–Kier alpha value is -2.64. The topological polar surface area (TPSA) is 77.2 Å². The van der Waals surface area contributed by atoms with Crippen LogP contribution in [0.1, 0.15) is 59.6 Å². The fourth-order valence-electron chi connectivity index (χ4n) is 4.70. The molecule has 0 bridgehead atoms. The van der Waals surface area contributed by atoms with Gasteiger partial charge < -0.3 is 20.5 Å². The third kappa shape index (κ3) is 4.32. The van der Waals surface area contributed by atoms with Gasteiger partial charge in [-0.05, 0) is 68.6 Å². The van der Waals surface area contributed by atoms with Crippen molar-refractivity contribution in [3.05, 3.63) is 52.1 Å². The molecule has 0 spiro atoms. The highest BCUT2D eigenvalue weighted by Gasteiger charge is 2.33. The Labute approximate surface area is 194 Å². The van der Waals surface area contributed by atoms with Gasteiger partial charge in [0.15, 0.2) is 0 Å². The number of nitrogens with zero attached hydrogens (tertiary/aromatic N) is 1. The van der Waals surface area contributed by atoms with Crippen LogP contribution in [0.3, 0.4) is 0 Å². The number of rotatable bonds is 6. The minimum absolute atomic E-state index is 0. The number of nitrogens with one attached hydrogen (secondary N) is 3. The Morgan fingerprint density at radius 3 is 2.69 bits per heavy atom. The van der Waals surface area contributed by atoms with E-state index in [1.54, 1.807) is 6.07 Å². The summed E-state index contributed by atoms with van der Waals surface area (Å²) < 4.78 is 13.9. The van der Waals surface area contributed by atoms with Crippen LogP contribution in [-0.2, 0) is 11.2 Å². The number of likely N-dealkylation sites (N-methyl/N-ethyl adjacent to an activating group) is 1. The van der Waals surface area contributed by atoms with Crippen LogP contribution in [-0.4, -0.2) is 47.9 Å². The standard InChI is InChI=1S/C24H29FN4O2.ClH/c1-4-29(5-2)12-11-26-23(30)20-14(3)27-22-16(20)7-6-8-17(22)21-18-13-15(25)9-10-19(18)28-24(21)31;/h9-10,13,27H,4-8,11-12H2,1-3H3,(H,26,30)(H,28,31);1H/b21-17-;. The number of aromatic nitrogens is 1. The fourth-order valence-corrected chi connectivity index (χ4v) is 4.70. The molecule has 0 radical (unpaired) electrons. The molecule has 1 aliphatic heterocycles. The fraction of sp³-hybridized carbons (Fsp3) is 0.417. The Morgan fingerprint density at radius 1 is 1.22 bits per heavy atom. The number of benzene rings is 1. The van der Waals surface area contributed by atoms with Gasteiger partial charge in [0, 0.05) is 35.7 Å². The molecule has 32 heavy (non-hydrogen) atoms. The number of amides is 2. The second kappa shape index (κ2) is 9.88. The second-order valence-electron chi connectivity index (χ2n) is 8.11. The largest absolute Gasteiger partial charge is 0.358 e. The Balaban J connectivity index is 0.00000289. The van der Waals surface area contributed by atoms with Gasteiger partial charge in [0.2, 0.25) is 0 Å². The Bertz CT molecular complexity index is 1070. The number of hydrogen-bond donors (Lipinski definition) is 3. The number of hydrogen-bond acceptors (Lipinski definition) is 3. The van der Waals surface area contributed by atoms with Gasteiger partial charge in [-0.3, -0.25) is 9.59 Å². The van der Waals surface area contributed by atoms with Crippen molar-refractivity contribution in [1.82, 2.24) is 15.2 Å². The molecule has 6 nitrogen and oxygen atoms in total. The third-order valence-electron chi connectivity index (χ3n) is 6.31. The quantitative estimate of drug-likeness (QED) is 0.566. The average molecular weight is 461 g/mol. The molecule has 2 aliphatic rings. The Kier molecular flexibility index (Phi) is 7.41. The number of aromatic amines is 1. The highest BCUT2D eigenvalue weighted by molar-refractivity contribution is 6.36. The van der Waals surface area contributed by atoms with E-state index in [4.69, 9.17) is 0 Å². The molecular weight excluding hydrogens is 431 g/mol. The summed E-state index contributed by atoms with van der Waals surface area (Å²) in [5.74, 6) is -0.683. The predicted molar refractivity (Wildman–Crippen MR) is 128 cm³/mol. The minimum atomic E-state index is -0.375. The number of carbonyl (C=O) groups excluding carboxylic acids is 2. The van der Waals surface area contributed by atoms with E-state index in [-0.39, 0.29) is 30.0 Å². The number of aryl methyl sites for hydroxylation is 1. The van der Waals surface area contributed by atoms with E-state index in [1.807, 2.05) is 6.92 Å². The number of halogens is 2. The van der Waals surface area contributed by atoms with Gasteiger partial charge in [-0.15, -0.1) is 12.4 Å². The molecule has 2 aromatic rings. The van der Waals surface area contributed by atoms with Gasteiger partial charge in [0.1, 0.15) is 5.82 Å². The summed E-state index contributed by atoms with van der Waals surface area (Å²) in [5.41, 5.74) is 5.82. The molecule has 8 heteroatoms. The maximum atomic E-state index is 13.9. The number of allylic oxidation sites excluding steroid dienone is 1. The van der Waals surface area contributed by atoms with Crippen LogP contribution < -0.4 is 10.6 Å². The molecule has 4 rings (SSSR count). The molecule has 0 saturated carbocycles. The lowest BCUT2D eigenvalue weighted by molar-refractivity contribution is -0.110. The lowest BCUT2D eigenvalue weighted by atomic mass is 9.86. The van der Waals surface area contributed by atoms with Gasteiger partial charge in [-0.2, -0.15) is 0 Å². The van der Waals surface area contributed by atoms with Crippen LogP contribution >= 0.6 is 12.4 Å². The van der Waals surface area contributed by atoms with Crippen LogP contribution in [0.15, 0.2) is 18.2 Å². The molecule has 3 N–H and O–H groups in total. The van der Waals surface area contributed by atoms with Crippen LogP contribution in [0.4, 0.5) is 10.1 Å². The van der Waals surface area contributed by atoms with Crippen LogP contribution in [0.25, 0.3) is 11.1 Å². The summed E-state index contributed by atoms with van der Waals surface area (Å²) in [6.45, 7) is 9.40. The SMILES string of the molecule is CCN(CC)CCNC(=O)c1c(C)[nH]c2c1CCC/C2=C1/C(=O)Nc2ccc(F)cc21.Cl. The number of carbonyl (C=O) groups is 2. The van der Waals surface area contributed by atoms with Crippen molar-refractivity contribution < 1.29 is 14.0 Å². The van der Waals surface area contributed by atoms with Gasteiger partial charge >= 0.3 is 0 Å². The first-order chi connectivity index (χ1) is 14.9. The highest BCUT2D eigenvalue weighted by atomic mass is 35.5. The van der Waals surface area contributed by atoms with E-state index in [2.05, 4.69) is 34.4 Å². The summed E-state index contributed by atoms with van der Waals surface area (Å²) in [6, 6.07) is 4.34. The maximum Gasteiger partial charge on any atom is 0.256 e. The highest BCUT2D eigenvalue weighted by Crippen LogP contribution is 2.43. The molecule has 0 saturated heterocycles. The molecule has 0 unspecified atom stereocenters. The first kappa shape index (κ1) is 24.0. The lowest BCUT2D eigenvalue weighted by Crippen LogP contribution is -2.35. The summed E-state index contributed by atoms with van der Waals surface area (Å²) in [4.78, 5) is 31.4. The van der Waals surface area contributed by atoms with Gasteiger partial charge in [0.05, 0.1) is 11.1 Å². The van der Waals surface area contributed by atoms with Crippen molar-refractivity contribution in [2.75, 3.05) is 31.5 Å². The molecule has 1 aromatic carbocycles. The molecule has 2 heterocycles. The summed E-state index contributed by atoms with van der Waals surface area (Å²) >= 11 is 0. The normalized spacial score (nSPS) is 17.0. The summed E-state index contributed by atoms with van der Waals surface area (Å²) in [7, 11) is 0. The van der Waals surface area contributed by atoms with Crippen molar-refractivity contribution in [3.8, 4) is 0 Å². The van der Waals surface area contributed by atoms with Crippen molar-refractivity contribution in [2.24, 2.45) is 0 Å². The minimum Gasteiger partial charge on any atom is -0.358 e. The lowest BCUT2D eigenvalue weighted by Gasteiger charge is -2.19. The third-order valence-corrected chi connectivity index (χ3v) is 6.31. The van der Waals surface area contributed by atoms with E-state index in [1.165, 1.54) is 12.1 Å². The van der Waals surface area contributed by atoms with Crippen LogP contribution in [0.5, 0.6) is 0 Å². The van der Waals surface area contributed by atoms with Crippen molar-refractivity contribution in [1.29, 1.82) is 0 Å². The van der Waals surface area contributed by atoms with Crippen molar-refractivity contribution >= 4 is 41.1 Å². The Morgan fingerprint density at radius 2 is 1.97 bits per heavy atom. The first-order valence-corrected chi connectivity index (χ1v) is 11.0. The maximum absolute atomic E-state index is 13.9. The molecule has 0 fully saturated rings. The van der Waals surface area contributed by atoms with E-state index < -0.39 is 0 Å². The molecule has 1 aliphatic carbocycles. The molecule has 2 amide bonds. The van der Waals surface area contributed by atoms with E-state index >= 15 is 0 Å². The van der Waals surface area contributed by atoms with E-state index in [0.29, 0.717) is 35.4 Å². The second-order valence-corrected chi connectivity index (χ2v) is 8.11. The van der Waals surface area contributed by atoms with Gasteiger partial charge in [-0.1, -0.05) is 13.8 Å². The van der Waals surface area contributed by atoms with Crippen molar-refractivity contribution in [3.63, 3.8) is 0 Å². The number of H-pyrrole nitrogens is 1. The predicted octanol–water partition coefficient (Wildman–Crippen LogP) is 4.15.